The van der Waals surface area contributed by atoms with E-state index in [9.17, 15) is 4.79 Å². The van der Waals surface area contributed by atoms with E-state index >= 15 is 0 Å². The summed E-state index contributed by atoms with van der Waals surface area (Å²) in [4.78, 5) is 12.3. The summed E-state index contributed by atoms with van der Waals surface area (Å²) in [6, 6.07) is 13.0. The summed E-state index contributed by atoms with van der Waals surface area (Å²) in [7, 11) is 0. The zero-order valence-corrected chi connectivity index (χ0v) is 19.0. The van der Waals surface area contributed by atoms with Crippen molar-refractivity contribution in [1.82, 2.24) is 14.8 Å². The van der Waals surface area contributed by atoms with Gasteiger partial charge in [0.2, 0.25) is 5.91 Å². The third kappa shape index (κ3) is 5.34. The van der Waals surface area contributed by atoms with Crippen molar-refractivity contribution < 1.29 is 9.53 Å². The number of hydrogen-bond acceptors (Lipinski definition) is 5. The van der Waals surface area contributed by atoms with E-state index in [-0.39, 0.29) is 17.8 Å². The fourth-order valence-electron chi connectivity index (χ4n) is 2.96. The molecule has 0 aliphatic heterocycles. The molecular formula is C22H25ClN4O2S. The second-order valence-corrected chi connectivity index (χ2v) is 8.27. The van der Waals surface area contributed by atoms with Crippen molar-refractivity contribution in [2.45, 2.75) is 45.5 Å². The lowest BCUT2D eigenvalue weighted by molar-refractivity contribution is -0.113. The van der Waals surface area contributed by atoms with Crippen LogP contribution in [0.3, 0.4) is 0 Å². The van der Waals surface area contributed by atoms with Gasteiger partial charge in [-0.15, -0.1) is 10.2 Å². The number of carbonyl (C=O) groups is 1. The number of amides is 1. The molecule has 1 atom stereocenters. The number of thioether (sulfide) groups is 1. The number of nitrogens with zero attached hydrogens (tertiary/aromatic N) is 3. The van der Waals surface area contributed by atoms with Crippen LogP contribution in [-0.2, 0) is 11.3 Å². The van der Waals surface area contributed by atoms with E-state index in [1.54, 1.807) is 24.3 Å². The van der Waals surface area contributed by atoms with Crippen LogP contribution in [0.5, 0.6) is 5.75 Å². The van der Waals surface area contributed by atoms with Crippen molar-refractivity contribution in [3.8, 4) is 5.75 Å². The van der Waals surface area contributed by atoms with Gasteiger partial charge in [0.05, 0.1) is 5.75 Å². The lowest BCUT2D eigenvalue weighted by atomic mass is 10.1. The lowest BCUT2D eigenvalue weighted by Gasteiger charge is -2.17. The van der Waals surface area contributed by atoms with E-state index in [4.69, 9.17) is 16.3 Å². The first kappa shape index (κ1) is 22.2. The maximum atomic E-state index is 12.3. The van der Waals surface area contributed by atoms with Crippen molar-refractivity contribution in [1.29, 1.82) is 0 Å². The van der Waals surface area contributed by atoms with E-state index in [0.29, 0.717) is 22.4 Å². The smallest absolute Gasteiger partial charge is 0.234 e. The molecule has 0 radical (unpaired) electrons. The third-order valence-electron chi connectivity index (χ3n) is 4.74. The van der Waals surface area contributed by atoms with Crippen LogP contribution in [0.25, 0.3) is 0 Å². The highest BCUT2D eigenvalue weighted by atomic mass is 35.5. The first-order valence-electron chi connectivity index (χ1n) is 9.73. The number of nitrogens with one attached hydrogen (secondary N) is 1. The second kappa shape index (κ2) is 10.00. The normalized spacial score (nSPS) is 11.9. The van der Waals surface area contributed by atoms with Crippen molar-refractivity contribution in [3.05, 3.63) is 64.4 Å². The van der Waals surface area contributed by atoms with Crippen LogP contribution < -0.4 is 10.1 Å². The van der Waals surface area contributed by atoms with Gasteiger partial charge >= 0.3 is 0 Å². The highest BCUT2D eigenvalue weighted by Gasteiger charge is 2.20. The maximum absolute atomic E-state index is 12.3. The molecule has 8 heteroatoms. The van der Waals surface area contributed by atoms with Crippen LogP contribution in [0.4, 0.5) is 5.69 Å². The predicted octanol–water partition coefficient (Wildman–Crippen LogP) is 5.44. The van der Waals surface area contributed by atoms with Gasteiger partial charge in [-0.1, -0.05) is 35.5 Å². The number of halogens is 1. The summed E-state index contributed by atoms with van der Waals surface area (Å²) in [5.74, 6) is 1.69. The molecule has 6 nitrogen and oxygen atoms in total. The van der Waals surface area contributed by atoms with Crippen molar-refractivity contribution >= 4 is 35.0 Å². The Kier molecular flexibility index (Phi) is 7.39. The van der Waals surface area contributed by atoms with Gasteiger partial charge < -0.3 is 14.6 Å². The van der Waals surface area contributed by atoms with Crippen LogP contribution in [-0.4, -0.2) is 26.4 Å². The third-order valence-corrected chi connectivity index (χ3v) is 5.96. The summed E-state index contributed by atoms with van der Waals surface area (Å²) < 4.78 is 8.14. The Morgan fingerprint density at radius 3 is 2.63 bits per heavy atom. The molecule has 0 fully saturated rings. The van der Waals surface area contributed by atoms with E-state index in [1.807, 2.05) is 37.5 Å². The number of ether oxygens (including phenoxy) is 1. The van der Waals surface area contributed by atoms with E-state index in [2.05, 4.69) is 28.5 Å². The summed E-state index contributed by atoms with van der Waals surface area (Å²) in [5.41, 5.74) is 3.00. The molecule has 0 saturated heterocycles. The molecule has 0 bridgehead atoms. The minimum atomic E-state index is -0.268. The standard InChI is InChI=1S/C22H25ClN4O2S/c1-5-27-21(16(4)29-19-8-6-7-14(2)15(19)3)25-26-22(27)30-13-20(28)24-18-11-9-17(23)10-12-18/h6-12,16H,5,13H2,1-4H3,(H,24,28). The molecule has 0 saturated carbocycles. The summed E-state index contributed by atoms with van der Waals surface area (Å²) >= 11 is 7.22. The van der Waals surface area contributed by atoms with Crippen molar-refractivity contribution in [2.75, 3.05) is 11.1 Å². The summed E-state index contributed by atoms with van der Waals surface area (Å²) in [6.45, 7) is 8.77. The van der Waals surface area contributed by atoms with Crippen LogP contribution in [0.15, 0.2) is 47.6 Å². The van der Waals surface area contributed by atoms with Gasteiger partial charge in [-0.2, -0.15) is 0 Å². The minimum absolute atomic E-state index is 0.116. The molecule has 1 heterocycles. The minimum Gasteiger partial charge on any atom is -0.482 e. The topological polar surface area (TPSA) is 69.0 Å². The maximum Gasteiger partial charge on any atom is 0.234 e. The molecular weight excluding hydrogens is 420 g/mol. The number of benzene rings is 2. The molecule has 2 aromatic carbocycles. The number of anilines is 1. The molecule has 3 rings (SSSR count). The summed E-state index contributed by atoms with van der Waals surface area (Å²) in [5, 5.41) is 12.8. The van der Waals surface area contributed by atoms with E-state index in [1.165, 1.54) is 17.3 Å². The van der Waals surface area contributed by atoms with Gasteiger partial charge in [0.1, 0.15) is 5.75 Å². The van der Waals surface area contributed by atoms with Gasteiger partial charge in [-0.3, -0.25) is 4.79 Å². The predicted molar refractivity (Wildman–Crippen MR) is 121 cm³/mol. The first-order valence-corrected chi connectivity index (χ1v) is 11.1. The molecule has 1 unspecified atom stereocenters. The Hall–Kier alpha value is -2.51. The average molecular weight is 445 g/mol. The molecule has 30 heavy (non-hydrogen) atoms. The van der Waals surface area contributed by atoms with E-state index < -0.39 is 0 Å². The molecule has 0 spiro atoms. The largest absolute Gasteiger partial charge is 0.482 e. The Bertz CT molecular complexity index is 1020. The quantitative estimate of drug-likeness (QED) is 0.468. The van der Waals surface area contributed by atoms with E-state index in [0.717, 1.165) is 17.1 Å². The Balaban J connectivity index is 1.65. The fourth-order valence-corrected chi connectivity index (χ4v) is 3.90. The second-order valence-electron chi connectivity index (χ2n) is 6.89. The molecule has 1 N–H and O–H groups in total. The Labute approximate surface area is 186 Å². The Morgan fingerprint density at radius 2 is 1.93 bits per heavy atom. The lowest BCUT2D eigenvalue weighted by Crippen LogP contribution is -2.15. The summed E-state index contributed by atoms with van der Waals surface area (Å²) in [6.07, 6.45) is -0.268. The first-order chi connectivity index (χ1) is 14.4. The molecule has 1 amide bonds. The zero-order chi connectivity index (χ0) is 21.7. The highest BCUT2D eigenvalue weighted by Crippen LogP contribution is 2.28. The monoisotopic (exact) mass is 444 g/mol. The number of aromatic nitrogens is 3. The molecule has 1 aromatic heterocycles. The van der Waals surface area contributed by atoms with Gasteiger partial charge in [0.15, 0.2) is 17.1 Å². The number of hydrogen-bond donors (Lipinski definition) is 1. The van der Waals surface area contributed by atoms with Gasteiger partial charge in [0, 0.05) is 17.3 Å². The SMILES string of the molecule is CCn1c(SCC(=O)Nc2ccc(Cl)cc2)nnc1C(C)Oc1cccc(C)c1C. The average Bonchev–Trinajstić information content (AvgIpc) is 3.14. The van der Waals surface area contributed by atoms with Gasteiger partial charge in [-0.25, -0.2) is 0 Å². The fraction of sp³-hybridized carbons (Fsp3) is 0.318. The van der Waals surface area contributed by atoms with Crippen LogP contribution in [0.1, 0.15) is 36.9 Å². The number of carbonyl (C=O) groups excluding carboxylic acids is 1. The Morgan fingerprint density at radius 1 is 1.20 bits per heavy atom. The molecule has 3 aromatic rings. The number of rotatable bonds is 8. The molecule has 0 aliphatic carbocycles. The van der Waals surface area contributed by atoms with Gasteiger partial charge in [-0.05, 0) is 69.2 Å². The number of aryl methyl sites for hydroxylation is 1. The van der Waals surface area contributed by atoms with Crippen molar-refractivity contribution in [3.63, 3.8) is 0 Å². The van der Waals surface area contributed by atoms with Crippen LogP contribution in [0.2, 0.25) is 5.02 Å². The van der Waals surface area contributed by atoms with Crippen LogP contribution >= 0.6 is 23.4 Å². The van der Waals surface area contributed by atoms with Crippen LogP contribution in [0, 0.1) is 13.8 Å². The highest BCUT2D eigenvalue weighted by molar-refractivity contribution is 7.99. The van der Waals surface area contributed by atoms with Crippen molar-refractivity contribution in [2.24, 2.45) is 0 Å². The molecule has 0 aliphatic rings. The zero-order valence-electron chi connectivity index (χ0n) is 17.5. The van der Waals surface area contributed by atoms with Gasteiger partial charge in [0.25, 0.3) is 0 Å². The molecule has 158 valence electrons.